The molecule has 21 heavy (non-hydrogen) atoms. The molecule has 2 amide bonds. The van der Waals surface area contributed by atoms with E-state index in [4.69, 9.17) is 0 Å². The van der Waals surface area contributed by atoms with Gasteiger partial charge in [-0.15, -0.1) is 0 Å². The molecule has 2 aromatic rings. The van der Waals surface area contributed by atoms with Crippen LogP contribution in [0.2, 0.25) is 0 Å². The highest BCUT2D eigenvalue weighted by atomic mass is 16.2. The second-order valence-corrected chi connectivity index (χ2v) is 5.01. The van der Waals surface area contributed by atoms with Crippen molar-refractivity contribution in [2.45, 2.75) is 13.8 Å². The van der Waals surface area contributed by atoms with E-state index >= 15 is 0 Å². The first kappa shape index (κ1) is 14.8. The summed E-state index contributed by atoms with van der Waals surface area (Å²) in [6, 6.07) is 16.2. The predicted molar refractivity (Wildman–Crippen MR) is 84.3 cm³/mol. The zero-order chi connectivity index (χ0) is 15.2. The lowest BCUT2D eigenvalue weighted by molar-refractivity contribution is -0.118. The maximum atomic E-state index is 12.3. The normalized spacial score (nSPS) is 10.2. The number of benzene rings is 2. The van der Waals surface area contributed by atoms with Crippen LogP contribution in [0.15, 0.2) is 54.6 Å². The molecule has 0 unspecified atom stereocenters. The molecule has 4 heteroatoms. The molecule has 0 saturated carbocycles. The molecule has 108 valence electrons. The Kier molecular flexibility index (Phi) is 4.72. The van der Waals surface area contributed by atoms with E-state index < -0.39 is 0 Å². The Hall–Kier alpha value is -2.62. The summed E-state index contributed by atoms with van der Waals surface area (Å²) in [4.78, 5) is 24.1. The van der Waals surface area contributed by atoms with E-state index in [0.29, 0.717) is 16.9 Å². The van der Waals surface area contributed by atoms with Gasteiger partial charge in [0, 0.05) is 11.6 Å². The minimum atomic E-state index is -0.249. The van der Waals surface area contributed by atoms with Crippen molar-refractivity contribution in [1.29, 1.82) is 0 Å². The lowest BCUT2D eigenvalue weighted by Crippen LogP contribution is -2.21. The monoisotopic (exact) mass is 282 g/mol. The maximum absolute atomic E-state index is 12.3. The Morgan fingerprint density at radius 2 is 1.48 bits per heavy atom. The van der Waals surface area contributed by atoms with Crippen LogP contribution in [0.25, 0.3) is 0 Å². The molecule has 0 fully saturated rings. The van der Waals surface area contributed by atoms with Crippen molar-refractivity contribution in [1.82, 2.24) is 0 Å². The van der Waals surface area contributed by atoms with E-state index in [0.717, 1.165) is 0 Å². The fourth-order valence-electron chi connectivity index (χ4n) is 1.79. The van der Waals surface area contributed by atoms with Crippen molar-refractivity contribution >= 4 is 23.2 Å². The summed E-state index contributed by atoms with van der Waals surface area (Å²) in [5, 5.41) is 5.59. The summed E-state index contributed by atoms with van der Waals surface area (Å²) >= 11 is 0. The van der Waals surface area contributed by atoms with Crippen molar-refractivity contribution in [2.24, 2.45) is 5.92 Å². The first-order valence-electron chi connectivity index (χ1n) is 6.84. The average Bonchev–Trinajstić information content (AvgIpc) is 2.48. The first-order valence-corrected chi connectivity index (χ1v) is 6.84. The standard InChI is InChI=1S/C17H18N2O2/c1-12(2)16(20)19-15-11-7-6-10-14(15)17(21)18-13-8-4-3-5-9-13/h3-12H,1-2H3,(H,18,21)(H,19,20). The minimum absolute atomic E-state index is 0.116. The van der Waals surface area contributed by atoms with Gasteiger partial charge in [0.2, 0.25) is 5.91 Å². The third-order valence-corrected chi connectivity index (χ3v) is 2.99. The molecule has 4 nitrogen and oxygen atoms in total. The van der Waals surface area contributed by atoms with E-state index in [9.17, 15) is 9.59 Å². The predicted octanol–water partition coefficient (Wildman–Crippen LogP) is 3.53. The summed E-state index contributed by atoms with van der Waals surface area (Å²) < 4.78 is 0. The molecular formula is C17H18N2O2. The number of amides is 2. The number of carbonyl (C=O) groups is 2. The first-order chi connectivity index (χ1) is 10.1. The quantitative estimate of drug-likeness (QED) is 0.901. The van der Waals surface area contributed by atoms with E-state index in [1.54, 1.807) is 24.3 Å². The van der Waals surface area contributed by atoms with Crippen LogP contribution in [-0.4, -0.2) is 11.8 Å². The van der Waals surface area contributed by atoms with Gasteiger partial charge < -0.3 is 10.6 Å². The molecule has 0 bridgehead atoms. The van der Waals surface area contributed by atoms with Crippen LogP contribution in [0.4, 0.5) is 11.4 Å². The SMILES string of the molecule is CC(C)C(=O)Nc1ccccc1C(=O)Nc1ccccc1. The fraction of sp³-hybridized carbons (Fsp3) is 0.176. The van der Waals surface area contributed by atoms with Crippen LogP contribution in [0, 0.1) is 5.92 Å². The maximum Gasteiger partial charge on any atom is 0.257 e. The number of hydrogen-bond donors (Lipinski definition) is 2. The second-order valence-electron chi connectivity index (χ2n) is 5.01. The second kappa shape index (κ2) is 6.70. The van der Waals surface area contributed by atoms with Crippen LogP contribution in [0.1, 0.15) is 24.2 Å². The smallest absolute Gasteiger partial charge is 0.257 e. The van der Waals surface area contributed by atoms with Crippen molar-refractivity contribution in [3.63, 3.8) is 0 Å². The van der Waals surface area contributed by atoms with Crippen molar-refractivity contribution in [3.05, 3.63) is 60.2 Å². The molecule has 0 aromatic heterocycles. The van der Waals surface area contributed by atoms with Gasteiger partial charge >= 0.3 is 0 Å². The summed E-state index contributed by atoms with van der Waals surface area (Å²) in [6.07, 6.45) is 0. The number of rotatable bonds is 4. The molecule has 0 spiro atoms. The number of nitrogens with one attached hydrogen (secondary N) is 2. The van der Waals surface area contributed by atoms with E-state index in [1.165, 1.54) is 0 Å². The molecule has 0 radical (unpaired) electrons. The summed E-state index contributed by atoms with van der Waals surface area (Å²) in [5.74, 6) is -0.508. The van der Waals surface area contributed by atoms with Crippen LogP contribution in [0.3, 0.4) is 0 Å². The third-order valence-electron chi connectivity index (χ3n) is 2.99. The van der Waals surface area contributed by atoms with Gasteiger partial charge in [-0.05, 0) is 24.3 Å². The molecule has 0 aliphatic rings. The molecule has 2 rings (SSSR count). The number of carbonyl (C=O) groups excluding carboxylic acids is 2. The van der Waals surface area contributed by atoms with Gasteiger partial charge in [-0.2, -0.15) is 0 Å². The van der Waals surface area contributed by atoms with Crippen molar-refractivity contribution < 1.29 is 9.59 Å². The molecule has 2 N–H and O–H groups in total. The van der Waals surface area contributed by atoms with Gasteiger partial charge in [-0.25, -0.2) is 0 Å². The van der Waals surface area contributed by atoms with Gasteiger partial charge in [0.15, 0.2) is 0 Å². The van der Waals surface area contributed by atoms with E-state index in [2.05, 4.69) is 10.6 Å². The van der Waals surface area contributed by atoms with Crippen LogP contribution in [0.5, 0.6) is 0 Å². The highest BCUT2D eigenvalue weighted by Crippen LogP contribution is 2.18. The molecule has 0 aliphatic heterocycles. The molecule has 0 aliphatic carbocycles. The highest BCUT2D eigenvalue weighted by molar-refractivity contribution is 6.10. The largest absolute Gasteiger partial charge is 0.325 e. The lowest BCUT2D eigenvalue weighted by atomic mass is 10.1. The Bertz CT molecular complexity index is 636. The summed E-state index contributed by atoms with van der Waals surface area (Å²) in [5.41, 5.74) is 1.67. The van der Waals surface area contributed by atoms with Gasteiger partial charge in [0.1, 0.15) is 0 Å². The van der Waals surface area contributed by atoms with E-state index in [1.807, 2.05) is 44.2 Å². The summed E-state index contributed by atoms with van der Waals surface area (Å²) in [7, 11) is 0. The van der Waals surface area contributed by atoms with Crippen molar-refractivity contribution in [2.75, 3.05) is 10.6 Å². The van der Waals surface area contributed by atoms with E-state index in [-0.39, 0.29) is 17.7 Å². The topological polar surface area (TPSA) is 58.2 Å². The van der Waals surface area contributed by atoms with Gasteiger partial charge in [0.25, 0.3) is 5.91 Å². The Morgan fingerprint density at radius 3 is 2.14 bits per heavy atom. The third kappa shape index (κ3) is 3.92. The Morgan fingerprint density at radius 1 is 0.857 bits per heavy atom. The minimum Gasteiger partial charge on any atom is -0.325 e. The number of anilines is 2. The zero-order valence-corrected chi connectivity index (χ0v) is 12.1. The zero-order valence-electron chi connectivity index (χ0n) is 12.1. The van der Waals surface area contributed by atoms with Crippen LogP contribution >= 0.6 is 0 Å². The number of para-hydroxylation sites is 2. The van der Waals surface area contributed by atoms with Gasteiger partial charge in [-0.3, -0.25) is 9.59 Å². The summed E-state index contributed by atoms with van der Waals surface area (Å²) in [6.45, 7) is 3.62. The molecule has 0 heterocycles. The Balaban J connectivity index is 2.19. The van der Waals surface area contributed by atoms with Gasteiger partial charge in [-0.1, -0.05) is 44.2 Å². The molecular weight excluding hydrogens is 264 g/mol. The number of hydrogen-bond acceptors (Lipinski definition) is 2. The van der Waals surface area contributed by atoms with Crippen molar-refractivity contribution in [3.8, 4) is 0 Å². The lowest BCUT2D eigenvalue weighted by Gasteiger charge is -2.12. The van der Waals surface area contributed by atoms with Gasteiger partial charge in [0.05, 0.1) is 11.3 Å². The Labute approximate surface area is 124 Å². The molecule has 0 atom stereocenters. The average molecular weight is 282 g/mol. The molecule has 2 aromatic carbocycles. The van der Waals surface area contributed by atoms with Crippen LogP contribution in [-0.2, 0) is 4.79 Å². The molecule has 0 saturated heterocycles. The fourth-order valence-corrected chi connectivity index (χ4v) is 1.79. The highest BCUT2D eigenvalue weighted by Gasteiger charge is 2.14. The van der Waals surface area contributed by atoms with Crippen LogP contribution < -0.4 is 10.6 Å².